The maximum absolute atomic E-state index is 11.3. The summed E-state index contributed by atoms with van der Waals surface area (Å²) >= 11 is 5.72. The second kappa shape index (κ2) is 6.33. The quantitative estimate of drug-likeness (QED) is 0.742. The minimum absolute atomic E-state index is 0.189. The van der Waals surface area contributed by atoms with Gasteiger partial charge in [0, 0.05) is 13.2 Å². The van der Waals surface area contributed by atoms with Crippen molar-refractivity contribution in [2.24, 2.45) is 0 Å². The van der Waals surface area contributed by atoms with E-state index in [4.69, 9.17) is 16.3 Å². The van der Waals surface area contributed by atoms with Crippen LogP contribution in [-0.2, 0) is 9.53 Å². The van der Waals surface area contributed by atoms with Gasteiger partial charge in [0.1, 0.15) is 12.4 Å². The molecule has 0 aliphatic carbocycles. The summed E-state index contributed by atoms with van der Waals surface area (Å²) in [5.74, 6) is 0.443. The first-order chi connectivity index (χ1) is 7.63. The highest BCUT2D eigenvalue weighted by Gasteiger charge is 2.08. The van der Waals surface area contributed by atoms with Gasteiger partial charge in [-0.15, -0.1) is 0 Å². The van der Waals surface area contributed by atoms with Crippen molar-refractivity contribution in [3.05, 3.63) is 23.4 Å². The minimum Gasteiger partial charge on any atom is -0.464 e. The normalized spacial score (nSPS) is 9.94. The van der Waals surface area contributed by atoms with Gasteiger partial charge in [-0.25, -0.2) is 4.98 Å². The van der Waals surface area contributed by atoms with Gasteiger partial charge in [-0.2, -0.15) is 0 Å². The number of nitrogens with zero attached hydrogens (tertiary/aromatic N) is 2. The molecule has 1 aromatic heterocycles. The summed E-state index contributed by atoms with van der Waals surface area (Å²) in [6.45, 7) is 2.60. The van der Waals surface area contributed by atoms with Gasteiger partial charge in [-0.3, -0.25) is 4.79 Å². The molecule has 0 aliphatic heterocycles. The van der Waals surface area contributed by atoms with E-state index in [9.17, 15) is 4.79 Å². The Morgan fingerprint density at radius 2 is 2.31 bits per heavy atom. The van der Waals surface area contributed by atoms with Crippen molar-refractivity contribution in [1.29, 1.82) is 0 Å². The molecule has 0 saturated heterocycles. The summed E-state index contributed by atoms with van der Waals surface area (Å²) < 4.78 is 4.97. The smallest absolute Gasteiger partial charge is 0.325 e. The third kappa shape index (κ3) is 4.06. The maximum atomic E-state index is 11.3. The van der Waals surface area contributed by atoms with E-state index < -0.39 is 0 Å². The molecule has 1 rings (SSSR count). The van der Waals surface area contributed by atoms with E-state index in [1.165, 1.54) is 0 Å². The van der Waals surface area contributed by atoms with Gasteiger partial charge in [0.2, 0.25) is 0 Å². The van der Waals surface area contributed by atoms with Crippen molar-refractivity contribution < 1.29 is 9.53 Å². The third-order valence-electron chi connectivity index (χ3n) is 1.94. The molecular weight excluding hydrogens is 228 g/mol. The summed E-state index contributed by atoms with van der Waals surface area (Å²) in [7, 11) is 1.78. The van der Waals surface area contributed by atoms with E-state index in [-0.39, 0.29) is 12.5 Å². The summed E-state index contributed by atoms with van der Waals surface area (Å²) in [6.07, 6.45) is 2.37. The van der Waals surface area contributed by atoms with Gasteiger partial charge >= 0.3 is 5.97 Å². The van der Waals surface area contributed by atoms with Gasteiger partial charge in [0.25, 0.3) is 0 Å². The zero-order chi connectivity index (χ0) is 12.0. The van der Waals surface area contributed by atoms with E-state index in [0.717, 1.165) is 6.42 Å². The predicted octanol–water partition coefficient (Wildman–Crippen LogP) is 2.12. The first-order valence-electron chi connectivity index (χ1n) is 5.11. The van der Waals surface area contributed by atoms with Gasteiger partial charge in [0.05, 0.1) is 11.6 Å². The first-order valence-corrected chi connectivity index (χ1v) is 5.49. The van der Waals surface area contributed by atoms with Crippen LogP contribution in [0.5, 0.6) is 0 Å². The summed E-state index contributed by atoms with van der Waals surface area (Å²) in [5, 5.41) is 0.575. The zero-order valence-electron chi connectivity index (χ0n) is 9.44. The molecule has 0 bridgehead atoms. The number of carbonyl (C=O) groups is 1. The standard InChI is InChI=1S/C11H15ClN2O2/c1-3-6-16-11(15)8-14(2)10-5-4-9(12)7-13-10/h4-5,7H,3,6,8H2,1-2H3. The average Bonchev–Trinajstić information content (AvgIpc) is 2.27. The Bertz CT molecular complexity index is 340. The number of hydrogen-bond acceptors (Lipinski definition) is 4. The predicted molar refractivity (Wildman–Crippen MR) is 63.8 cm³/mol. The van der Waals surface area contributed by atoms with E-state index in [0.29, 0.717) is 17.4 Å². The van der Waals surface area contributed by atoms with Crippen LogP contribution in [0.1, 0.15) is 13.3 Å². The number of pyridine rings is 1. The number of esters is 1. The second-order valence-corrected chi connectivity index (χ2v) is 3.85. The number of rotatable bonds is 5. The lowest BCUT2D eigenvalue weighted by Crippen LogP contribution is -2.27. The second-order valence-electron chi connectivity index (χ2n) is 3.41. The largest absolute Gasteiger partial charge is 0.464 e. The number of ether oxygens (including phenoxy) is 1. The van der Waals surface area contributed by atoms with Gasteiger partial charge in [0.15, 0.2) is 0 Å². The van der Waals surface area contributed by atoms with Crippen LogP contribution in [-0.4, -0.2) is 31.2 Å². The van der Waals surface area contributed by atoms with Crippen LogP contribution in [0.3, 0.4) is 0 Å². The van der Waals surface area contributed by atoms with Crippen LogP contribution in [0.2, 0.25) is 5.02 Å². The van der Waals surface area contributed by atoms with Crippen LogP contribution >= 0.6 is 11.6 Å². The van der Waals surface area contributed by atoms with Crippen LogP contribution in [0, 0.1) is 0 Å². The minimum atomic E-state index is -0.249. The monoisotopic (exact) mass is 242 g/mol. The summed E-state index contributed by atoms with van der Waals surface area (Å²) in [4.78, 5) is 17.1. The van der Waals surface area contributed by atoms with Crippen molar-refractivity contribution >= 4 is 23.4 Å². The number of halogens is 1. The molecule has 1 aromatic rings. The number of likely N-dealkylation sites (N-methyl/N-ethyl adjacent to an activating group) is 1. The Balaban J connectivity index is 2.48. The molecule has 0 atom stereocenters. The highest BCUT2D eigenvalue weighted by atomic mass is 35.5. The Hall–Kier alpha value is -1.29. The first kappa shape index (κ1) is 12.8. The maximum Gasteiger partial charge on any atom is 0.325 e. The molecule has 0 amide bonds. The number of hydrogen-bond donors (Lipinski definition) is 0. The molecule has 4 nitrogen and oxygen atoms in total. The van der Waals surface area contributed by atoms with Crippen LogP contribution < -0.4 is 4.90 Å². The Morgan fingerprint density at radius 1 is 1.56 bits per heavy atom. The van der Waals surface area contributed by atoms with E-state index >= 15 is 0 Å². The molecule has 0 aliphatic rings. The van der Waals surface area contributed by atoms with Crippen molar-refractivity contribution in [2.75, 3.05) is 25.1 Å². The Kier molecular flexibility index (Phi) is 5.05. The van der Waals surface area contributed by atoms with E-state index in [2.05, 4.69) is 4.98 Å². The van der Waals surface area contributed by atoms with Gasteiger partial charge in [-0.05, 0) is 18.6 Å². The molecule has 0 unspecified atom stereocenters. The number of carbonyl (C=O) groups excluding carboxylic acids is 1. The molecule has 0 spiro atoms. The Labute approximate surface area is 100 Å². The average molecular weight is 243 g/mol. The molecule has 16 heavy (non-hydrogen) atoms. The lowest BCUT2D eigenvalue weighted by atomic mass is 10.4. The fourth-order valence-electron chi connectivity index (χ4n) is 1.13. The van der Waals surface area contributed by atoms with Crippen molar-refractivity contribution in [3.8, 4) is 0 Å². The fourth-order valence-corrected chi connectivity index (χ4v) is 1.24. The zero-order valence-corrected chi connectivity index (χ0v) is 10.2. The van der Waals surface area contributed by atoms with Gasteiger partial charge < -0.3 is 9.64 Å². The molecule has 0 saturated carbocycles. The molecule has 1 heterocycles. The van der Waals surface area contributed by atoms with Crippen LogP contribution in [0.15, 0.2) is 18.3 Å². The molecular formula is C11H15ClN2O2. The van der Waals surface area contributed by atoms with Crippen molar-refractivity contribution in [3.63, 3.8) is 0 Å². The highest BCUT2D eigenvalue weighted by Crippen LogP contribution is 2.12. The third-order valence-corrected chi connectivity index (χ3v) is 2.16. The lowest BCUT2D eigenvalue weighted by Gasteiger charge is -2.16. The molecule has 0 N–H and O–H groups in total. The highest BCUT2D eigenvalue weighted by molar-refractivity contribution is 6.30. The number of anilines is 1. The molecule has 5 heteroatoms. The topological polar surface area (TPSA) is 42.4 Å². The molecule has 0 fully saturated rings. The fraction of sp³-hybridized carbons (Fsp3) is 0.455. The van der Waals surface area contributed by atoms with E-state index in [1.54, 1.807) is 30.3 Å². The molecule has 0 radical (unpaired) electrons. The summed E-state index contributed by atoms with van der Waals surface area (Å²) in [6, 6.07) is 3.49. The Morgan fingerprint density at radius 3 is 2.88 bits per heavy atom. The van der Waals surface area contributed by atoms with Gasteiger partial charge in [-0.1, -0.05) is 18.5 Å². The van der Waals surface area contributed by atoms with Crippen LogP contribution in [0.4, 0.5) is 5.82 Å². The van der Waals surface area contributed by atoms with Crippen LogP contribution in [0.25, 0.3) is 0 Å². The van der Waals surface area contributed by atoms with Crippen molar-refractivity contribution in [2.45, 2.75) is 13.3 Å². The summed E-state index contributed by atoms with van der Waals surface area (Å²) in [5.41, 5.74) is 0. The lowest BCUT2D eigenvalue weighted by molar-refractivity contribution is -0.141. The van der Waals surface area contributed by atoms with E-state index in [1.807, 2.05) is 6.92 Å². The molecule has 0 aromatic carbocycles. The molecule has 88 valence electrons. The van der Waals surface area contributed by atoms with Crippen molar-refractivity contribution in [1.82, 2.24) is 4.98 Å². The number of aromatic nitrogens is 1. The SMILES string of the molecule is CCCOC(=O)CN(C)c1ccc(Cl)cn1.